The molecule has 3 rings (SSSR count). The Balaban J connectivity index is 1.72. The van der Waals surface area contributed by atoms with E-state index in [1.807, 2.05) is 45.9 Å². The number of benzene rings is 2. The Morgan fingerprint density at radius 2 is 1.81 bits per heavy atom. The standard InChI is InChI=1S/C22H24N4O3S2/c1-13-8-9-17(10-15(13)3)31(28,29)19-11-24-22(26-21(19)23)30-12-20(27)25-18-7-5-6-14(2)16(18)4/h5-11H,12H2,1-4H3,(H,25,27)(H2,23,24,26). The predicted molar refractivity (Wildman–Crippen MR) is 123 cm³/mol. The van der Waals surface area contributed by atoms with Crippen LogP contribution in [-0.2, 0) is 14.6 Å². The van der Waals surface area contributed by atoms with Gasteiger partial charge in [0.15, 0.2) is 5.16 Å². The molecule has 3 aromatic rings. The van der Waals surface area contributed by atoms with Gasteiger partial charge in [0.25, 0.3) is 0 Å². The lowest BCUT2D eigenvalue weighted by Crippen LogP contribution is -2.15. The van der Waals surface area contributed by atoms with Crippen LogP contribution in [0.25, 0.3) is 0 Å². The van der Waals surface area contributed by atoms with Gasteiger partial charge in [-0.1, -0.05) is 30.0 Å². The number of carbonyl (C=O) groups excluding carboxylic acids is 1. The summed E-state index contributed by atoms with van der Waals surface area (Å²) in [6.45, 7) is 7.67. The fraction of sp³-hybridized carbons (Fsp3) is 0.227. The molecule has 0 radical (unpaired) electrons. The van der Waals surface area contributed by atoms with E-state index in [-0.39, 0.29) is 32.4 Å². The number of aryl methyl sites for hydroxylation is 3. The molecule has 1 aromatic heterocycles. The van der Waals surface area contributed by atoms with Crippen LogP contribution < -0.4 is 11.1 Å². The highest BCUT2D eigenvalue weighted by Crippen LogP contribution is 2.27. The van der Waals surface area contributed by atoms with E-state index in [1.165, 1.54) is 12.3 Å². The third-order valence-electron chi connectivity index (χ3n) is 5.05. The summed E-state index contributed by atoms with van der Waals surface area (Å²) in [6.07, 6.45) is 1.19. The molecule has 3 N–H and O–H groups in total. The van der Waals surface area contributed by atoms with Crippen LogP contribution in [0, 0.1) is 27.7 Å². The zero-order chi connectivity index (χ0) is 22.8. The van der Waals surface area contributed by atoms with Crippen molar-refractivity contribution in [2.75, 3.05) is 16.8 Å². The molecule has 1 amide bonds. The van der Waals surface area contributed by atoms with Crippen LogP contribution in [-0.4, -0.2) is 30.0 Å². The molecule has 162 valence electrons. The highest BCUT2D eigenvalue weighted by molar-refractivity contribution is 7.99. The van der Waals surface area contributed by atoms with E-state index in [2.05, 4.69) is 15.3 Å². The summed E-state index contributed by atoms with van der Waals surface area (Å²) < 4.78 is 25.9. The van der Waals surface area contributed by atoms with Crippen LogP contribution in [0.5, 0.6) is 0 Å². The number of hydrogen-bond donors (Lipinski definition) is 2. The molecule has 0 aliphatic heterocycles. The second-order valence-electron chi connectivity index (χ2n) is 7.24. The Hall–Kier alpha value is -2.91. The summed E-state index contributed by atoms with van der Waals surface area (Å²) in [6, 6.07) is 10.6. The normalized spacial score (nSPS) is 11.4. The minimum absolute atomic E-state index is 0.0656. The molecule has 0 unspecified atom stereocenters. The summed E-state index contributed by atoms with van der Waals surface area (Å²) in [4.78, 5) is 20.5. The maximum absolute atomic E-state index is 12.9. The first-order valence-corrected chi connectivity index (χ1v) is 12.0. The zero-order valence-electron chi connectivity index (χ0n) is 17.8. The Labute approximate surface area is 186 Å². The molecule has 0 saturated heterocycles. The number of nitrogens with two attached hydrogens (primary N) is 1. The topological polar surface area (TPSA) is 115 Å². The second kappa shape index (κ2) is 9.07. The summed E-state index contributed by atoms with van der Waals surface area (Å²) >= 11 is 1.08. The average Bonchev–Trinajstić information content (AvgIpc) is 2.71. The van der Waals surface area contributed by atoms with Gasteiger partial charge in [0.1, 0.15) is 10.7 Å². The van der Waals surface area contributed by atoms with Gasteiger partial charge in [-0.25, -0.2) is 18.4 Å². The molecule has 0 saturated carbocycles. The minimum atomic E-state index is -3.85. The van der Waals surface area contributed by atoms with E-state index in [9.17, 15) is 13.2 Å². The first kappa shape index (κ1) is 22.8. The first-order chi connectivity index (χ1) is 14.6. The molecule has 0 spiro atoms. The smallest absolute Gasteiger partial charge is 0.234 e. The highest BCUT2D eigenvalue weighted by atomic mass is 32.2. The van der Waals surface area contributed by atoms with Crippen molar-refractivity contribution < 1.29 is 13.2 Å². The van der Waals surface area contributed by atoms with Crippen LogP contribution in [0.2, 0.25) is 0 Å². The lowest BCUT2D eigenvalue weighted by atomic mass is 10.1. The number of nitrogen functional groups attached to an aromatic ring is 1. The van der Waals surface area contributed by atoms with Gasteiger partial charge >= 0.3 is 0 Å². The summed E-state index contributed by atoms with van der Waals surface area (Å²) in [5.74, 6) is -0.297. The molecule has 0 aliphatic rings. The van der Waals surface area contributed by atoms with Crippen molar-refractivity contribution in [1.82, 2.24) is 9.97 Å². The van der Waals surface area contributed by atoms with Gasteiger partial charge in [-0.2, -0.15) is 0 Å². The van der Waals surface area contributed by atoms with Gasteiger partial charge in [-0.05, 0) is 68.1 Å². The molecule has 31 heavy (non-hydrogen) atoms. The number of hydrogen-bond acceptors (Lipinski definition) is 7. The van der Waals surface area contributed by atoms with Gasteiger partial charge in [-0.3, -0.25) is 4.79 Å². The van der Waals surface area contributed by atoms with Gasteiger partial charge in [0.05, 0.1) is 16.8 Å². The quantitative estimate of drug-likeness (QED) is 0.427. The van der Waals surface area contributed by atoms with Crippen LogP contribution in [0.4, 0.5) is 11.5 Å². The second-order valence-corrected chi connectivity index (χ2v) is 10.1. The largest absolute Gasteiger partial charge is 0.382 e. The molecule has 7 nitrogen and oxygen atoms in total. The maximum Gasteiger partial charge on any atom is 0.234 e. The fourth-order valence-electron chi connectivity index (χ4n) is 2.85. The van der Waals surface area contributed by atoms with E-state index < -0.39 is 9.84 Å². The SMILES string of the molecule is Cc1ccc(S(=O)(=O)c2cnc(SCC(=O)Nc3cccc(C)c3C)nc2N)cc1C. The Morgan fingerprint density at radius 1 is 1.06 bits per heavy atom. The van der Waals surface area contributed by atoms with Crippen LogP contribution in [0.15, 0.2) is 57.5 Å². The van der Waals surface area contributed by atoms with Crippen molar-refractivity contribution in [3.63, 3.8) is 0 Å². The van der Waals surface area contributed by atoms with Crippen molar-refractivity contribution in [2.45, 2.75) is 42.6 Å². The number of amides is 1. The van der Waals surface area contributed by atoms with E-state index in [4.69, 9.17) is 5.73 Å². The van der Waals surface area contributed by atoms with Gasteiger partial charge in [0.2, 0.25) is 15.7 Å². The Bertz CT molecular complexity index is 1260. The predicted octanol–water partition coefficient (Wildman–Crippen LogP) is 3.86. The van der Waals surface area contributed by atoms with Crippen molar-refractivity contribution in [1.29, 1.82) is 0 Å². The molecule has 2 aromatic carbocycles. The van der Waals surface area contributed by atoms with Crippen molar-refractivity contribution >= 4 is 39.0 Å². The monoisotopic (exact) mass is 456 g/mol. The van der Waals surface area contributed by atoms with E-state index in [0.717, 1.165) is 39.7 Å². The van der Waals surface area contributed by atoms with Crippen LogP contribution in [0.3, 0.4) is 0 Å². The first-order valence-electron chi connectivity index (χ1n) is 9.53. The number of rotatable bonds is 6. The number of thioether (sulfide) groups is 1. The number of carbonyl (C=O) groups is 1. The van der Waals surface area contributed by atoms with Crippen molar-refractivity contribution in [3.8, 4) is 0 Å². The van der Waals surface area contributed by atoms with Crippen LogP contribution in [0.1, 0.15) is 22.3 Å². The summed E-state index contributed by atoms with van der Waals surface area (Å²) in [7, 11) is -3.85. The zero-order valence-corrected chi connectivity index (χ0v) is 19.4. The third kappa shape index (κ3) is 5.05. The van der Waals surface area contributed by atoms with E-state index in [0.29, 0.717) is 0 Å². The summed E-state index contributed by atoms with van der Waals surface area (Å²) in [5, 5.41) is 3.09. The molecule has 9 heteroatoms. The van der Waals surface area contributed by atoms with Gasteiger partial charge < -0.3 is 11.1 Å². The van der Waals surface area contributed by atoms with Crippen molar-refractivity contribution in [3.05, 3.63) is 64.8 Å². The Morgan fingerprint density at radius 3 is 2.48 bits per heavy atom. The third-order valence-corrected chi connectivity index (χ3v) is 7.68. The van der Waals surface area contributed by atoms with Crippen LogP contribution >= 0.6 is 11.8 Å². The lowest BCUT2D eigenvalue weighted by Gasteiger charge is -2.11. The number of sulfone groups is 1. The minimum Gasteiger partial charge on any atom is -0.382 e. The molecule has 0 bridgehead atoms. The molecule has 0 fully saturated rings. The number of aromatic nitrogens is 2. The fourth-order valence-corrected chi connectivity index (χ4v) is 4.82. The van der Waals surface area contributed by atoms with Gasteiger partial charge in [-0.15, -0.1) is 0 Å². The van der Waals surface area contributed by atoms with Gasteiger partial charge in [0, 0.05) is 5.69 Å². The molecular formula is C22H24N4O3S2. The molecule has 0 atom stereocenters. The molecular weight excluding hydrogens is 432 g/mol. The average molecular weight is 457 g/mol. The number of anilines is 2. The highest BCUT2D eigenvalue weighted by Gasteiger charge is 2.23. The Kier molecular flexibility index (Phi) is 6.66. The molecule has 1 heterocycles. The summed E-state index contributed by atoms with van der Waals surface area (Å²) in [5.41, 5.74) is 10.6. The van der Waals surface area contributed by atoms with E-state index >= 15 is 0 Å². The van der Waals surface area contributed by atoms with E-state index in [1.54, 1.807) is 12.1 Å². The number of nitrogens with one attached hydrogen (secondary N) is 1. The lowest BCUT2D eigenvalue weighted by molar-refractivity contribution is -0.113. The number of nitrogens with zero attached hydrogens (tertiary/aromatic N) is 2. The maximum atomic E-state index is 12.9. The molecule has 0 aliphatic carbocycles. The van der Waals surface area contributed by atoms with Crippen molar-refractivity contribution in [2.24, 2.45) is 0 Å².